The second-order valence-corrected chi connectivity index (χ2v) is 12.0. The molecule has 0 bridgehead atoms. The first-order valence-electron chi connectivity index (χ1n) is 18.4. The molecule has 0 radical (unpaired) electrons. The number of alkyl carbamates (subject to hydrolysis) is 4. The second-order valence-electron chi connectivity index (χ2n) is 12.0. The van der Waals surface area contributed by atoms with Crippen LogP contribution in [0.4, 0.5) is 37.0 Å². The molecule has 344 valence electrons. The van der Waals surface area contributed by atoms with Gasteiger partial charge in [0.1, 0.15) is 56.3 Å². The first-order chi connectivity index (χ1) is 29.1. The van der Waals surface area contributed by atoms with E-state index in [0.29, 0.717) is 0 Å². The maximum atomic E-state index is 12.7. The summed E-state index contributed by atoms with van der Waals surface area (Å²) in [5.74, 6) is -2.37. The number of nitrogens with zero attached hydrogens (tertiary/aromatic N) is 6. The molecule has 1 heterocycles. The Bertz CT molecular complexity index is 1510. The first-order valence-corrected chi connectivity index (χ1v) is 18.4. The number of nitrogens with one attached hydrogen (secondary N) is 6. The van der Waals surface area contributed by atoms with Crippen LogP contribution in [0.5, 0.6) is 0 Å². The van der Waals surface area contributed by atoms with Gasteiger partial charge in [-0.1, -0.05) is 6.92 Å². The fourth-order valence-corrected chi connectivity index (χ4v) is 3.65. The molecule has 1 aromatic heterocycles. The largest absolute Gasteiger partial charge is 0.447 e. The molecule has 0 fully saturated rings. The van der Waals surface area contributed by atoms with E-state index in [9.17, 15) is 39.6 Å². The van der Waals surface area contributed by atoms with Crippen LogP contribution in [0, 0.1) is 10.8 Å². The molecule has 0 aliphatic carbocycles. The quantitative estimate of drug-likeness (QED) is 0.00800. The lowest BCUT2D eigenvalue weighted by Crippen LogP contribution is -2.48. The third-order valence-corrected chi connectivity index (χ3v) is 6.70. The van der Waals surface area contributed by atoms with Crippen LogP contribution < -0.4 is 36.0 Å². The Morgan fingerprint density at radius 1 is 0.672 bits per heavy atom. The highest BCUT2D eigenvalue weighted by Gasteiger charge is 2.27. The van der Waals surface area contributed by atoms with Crippen molar-refractivity contribution in [2.75, 3.05) is 74.4 Å². The highest BCUT2D eigenvalue weighted by Crippen LogP contribution is 2.20. The van der Waals surface area contributed by atoms with Crippen LogP contribution >= 0.6 is 0 Å². The van der Waals surface area contributed by atoms with Crippen molar-refractivity contribution in [1.82, 2.24) is 36.2 Å². The average molecular weight is 877 g/mol. The van der Waals surface area contributed by atoms with E-state index in [1.165, 1.54) is 45.4 Å². The van der Waals surface area contributed by atoms with E-state index < -0.39 is 132 Å². The number of carbonyl (C=O) groups excluding carboxylic acids is 4. The van der Waals surface area contributed by atoms with Gasteiger partial charge >= 0.3 is 24.4 Å². The van der Waals surface area contributed by atoms with E-state index in [1.807, 2.05) is 0 Å². The molecule has 0 saturated heterocycles. The number of aromatic nitrogens is 3. The average Bonchev–Trinajstić information content (AvgIpc) is 3.22. The summed E-state index contributed by atoms with van der Waals surface area (Å²) in [6, 6.07) is 0. The SMILES string of the molecule is CC=COOCC(=N)N(CNC(=O)OC(C)CO)c1nc(N(CNC(=O)OCC(C)O)CNC(=O)OC(C)CO)nc(N(CNC(=O)OC(O)CC)C(=N)COOC=CC)n1. The van der Waals surface area contributed by atoms with Crippen molar-refractivity contribution in [3.05, 3.63) is 24.7 Å². The lowest BCUT2D eigenvalue weighted by molar-refractivity contribution is -0.235. The van der Waals surface area contributed by atoms with E-state index >= 15 is 0 Å². The second kappa shape index (κ2) is 29.8. The minimum absolute atomic E-state index is 0.0476. The van der Waals surface area contributed by atoms with E-state index in [1.54, 1.807) is 20.8 Å². The van der Waals surface area contributed by atoms with Crippen LogP contribution in [-0.2, 0) is 38.5 Å². The third-order valence-electron chi connectivity index (χ3n) is 6.70. The smallest absolute Gasteiger partial charge is 0.410 e. The molecule has 4 unspecified atom stereocenters. The number of allylic oxidation sites excluding steroid dienone is 2. The number of aliphatic hydroxyl groups excluding tert-OH is 4. The molecule has 61 heavy (non-hydrogen) atoms. The van der Waals surface area contributed by atoms with Gasteiger partial charge in [-0.3, -0.25) is 20.6 Å². The van der Waals surface area contributed by atoms with E-state index in [0.717, 1.165) is 14.7 Å². The van der Waals surface area contributed by atoms with Gasteiger partial charge in [-0.25, -0.2) is 19.2 Å². The van der Waals surface area contributed by atoms with Crippen LogP contribution in [0.15, 0.2) is 24.7 Å². The predicted octanol–water partition coefficient (Wildman–Crippen LogP) is -0.185. The van der Waals surface area contributed by atoms with Crippen LogP contribution in [0.2, 0.25) is 0 Å². The Morgan fingerprint density at radius 3 is 1.49 bits per heavy atom. The highest BCUT2D eigenvalue weighted by atomic mass is 17.2. The van der Waals surface area contributed by atoms with Crippen molar-refractivity contribution >= 4 is 53.9 Å². The van der Waals surface area contributed by atoms with E-state index in [2.05, 4.69) is 36.2 Å². The maximum absolute atomic E-state index is 12.7. The summed E-state index contributed by atoms with van der Waals surface area (Å²) in [5, 5.41) is 65.3. The predicted molar refractivity (Wildman–Crippen MR) is 210 cm³/mol. The topological polar surface area (TPSA) is 367 Å². The summed E-state index contributed by atoms with van der Waals surface area (Å²) in [6.07, 6.45) is -3.21. The minimum Gasteiger partial charge on any atom is -0.447 e. The summed E-state index contributed by atoms with van der Waals surface area (Å²) in [5.41, 5.74) is 0. The number of rotatable bonds is 27. The molecule has 4 amide bonds. The number of carbonyl (C=O) groups is 4. The van der Waals surface area contributed by atoms with Crippen molar-refractivity contribution in [1.29, 1.82) is 10.8 Å². The van der Waals surface area contributed by atoms with Crippen LogP contribution in [0.1, 0.15) is 48.0 Å². The fraction of sp³-hybridized carbons (Fsp3) is 0.606. The molecule has 28 nitrogen and oxygen atoms in total. The fourth-order valence-electron chi connectivity index (χ4n) is 3.65. The van der Waals surface area contributed by atoms with Gasteiger partial charge in [0.25, 0.3) is 0 Å². The molecule has 1 aromatic rings. The van der Waals surface area contributed by atoms with Gasteiger partial charge in [0.15, 0.2) is 13.2 Å². The zero-order chi connectivity index (χ0) is 45.7. The third kappa shape index (κ3) is 22.0. The lowest BCUT2D eigenvalue weighted by atomic mass is 10.4. The highest BCUT2D eigenvalue weighted by molar-refractivity contribution is 5.97. The Balaban J connectivity index is 4.06. The summed E-state index contributed by atoms with van der Waals surface area (Å²) in [4.78, 5) is 86.6. The molecule has 0 spiro atoms. The zero-order valence-electron chi connectivity index (χ0n) is 34.6. The Morgan fingerprint density at radius 2 is 1.08 bits per heavy atom. The number of hydrogen-bond acceptors (Lipinski definition) is 22. The van der Waals surface area contributed by atoms with Gasteiger partial charge in [0.05, 0.1) is 32.7 Å². The number of amidine groups is 2. The van der Waals surface area contributed by atoms with Crippen LogP contribution in [0.3, 0.4) is 0 Å². The standard InChI is InChI=1S/C33H56N12O16/c1-7-10-55-57-15-24(34)44(19-38-32(52)60-23(6)13-47)28-40-27(43(17-36-30(50)54-14-21(4)48)18-37-31(51)59-22(5)12-46)41-29(42-28)45(25(35)16-58-56-11-8-2)20-39-33(53)61-26(49)9-3/h7-8,10-11,21-23,26,34-35,46-49H,9,12-20H2,1-6H3,(H,36,50)(H,37,51)(H,38,52)(H,39,53). The molecule has 28 heteroatoms. The zero-order valence-corrected chi connectivity index (χ0v) is 34.6. The van der Waals surface area contributed by atoms with E-state index in [-0.39, 0.29) is 13.0 Å². The molecular formula is C33H56N12O16. The van der Waals surface area contributed by atoms with Gasteiger partial charge in [0.2, 0.25) is 24.1 Å². The summed E-state index contributed by atoms with van der Waals surface area (Å²) in [6.45, 7) is 3.99. The number of hydrogen-bond donors (Lipinski definition) is 10. The van der Waals surface area contributed by atoms with Crippen molar-refractivity contribution in [2.45, 2.75) is 72.6 Å². The summed E-state index contributed by atoms with van der Waals surface area (Å²) >= 11 is 0. The number of anilines is 3. The van der Waals surface area contributed by atoms with Gasteiger partial charge in [0, 0.05) is 6.42 Å². The molecule has 0 aliphatic rings. The van der Waals surface area contributed by atoms with E-state index in [4.69, 9.17) is 49.3 Å². The van der Waals surface area contributed by atoms with Crippen molar-refractivity contribution in [2.24, 2.45) is 0 Å². The monoisotopic (exact) mass is 876 g/mol. The van der Waals surface area contributed by atoms with Crippen LogP contribution in [-0.4, -0.2) is 156 Å². The molecule has 0 aromatic carbocycles. The van der Waals surface area contributed by atoms with Crippen LogP contribution in [0.25, 0.3) is 0 Å². The van der Waals surface area contributed by atoms with Gasteiger partial charge < -0.3 is 75.3 Å². The lowest BCUT2D eigenvalue weighted by Gasteiger charge is -2.29. The molecule has 10 N–H and O–H groups in total. The summed E-state index contributed by atoms with van der Waals surface area (Å²) < 4.78 is 20.0. The van der Waals surface area contributed by atoms with Gasteiger partial charge in [-0.15, -0.1) is 0 Å². The number of ether oxygens (including phenoxy) is 4. The van der Waals surface area contributed by atoms with Crippen molar-refractivity contribution < 1.29 is 78.1 Å². The number of amides is 4. The summed E-state index contributed by atoms with van der Waals surface area (Å²) in [7, 11) is 0. The molecule has 4 atom stereocenters. The molecule has 0 saturated carbocycles. The Labute approximate surface area is 350 Å². The Kier molecular flexibility index (Phi) is 25.7. The maximum Gasteiger partial charge on any atom is 0.410 e. The van der Waals surface area contributed by atoms with Gasteiger partial charge in [-0.05, 0) is 46.8 Å². The molecular weight excluding hydrogens is 820 g/mol. The molecule has 0 aliphatic heterocycles. The van der Waals surface area contributed by atoms with Gasteiger partial charge in [-0.2, -0.15) is 24.7 Å². The van der Waals surface area contributed by atoms with Crippen molar-refractivity contribution in [3.8, 4) is 0 Å². The minimum atomic E-state index is -1.48. The first kappa shape index (κ1) is 52.7. The Hall–Kier alpha value is -6.33. The molecule has 1 rings (SSSR count). The normalized spacial score (nSPS) is 12.9. The van der Waals surface area contributed by atoms with Crippen molar-refractivity contribution in [3.63, 3.8) is 0 Å². The number of aliphatic hydroxyl groups is 4.